The number of nitrogens with two attached hydrogens (primary N) is 1. The Hall–Kier alpha value is -1.04. The Balaban J connectivity index is 2.29. The van der Waals surface area contributed by atoms with E-state index in [0.717, 1.165) is 0 Å². The number of aliphatic hydroxyl groups is 1. The summed E-state index contributed by atoms with van der Waals surface area (Å²) in [6, 6.07) is 3.40. The van der Waals surface area contributed by atoms with Crippen molar-refractivity contribution >= 4 is 23.1 Å². The van der Waals surface area contributed by atoms with E-state index in [1.54, 1.807) is 12.1 Å². The molecule has 1 aromatic rings. The van der Waals surface area contributed by atoms with E-state index in [0.29, 0.717) is 29.7 Å². The van der Waals surface area contributed by atoms with Crippen molar-refractivity contribution in [3.63, 3.8) is 0 Å². The number of anilines is 2. The highest BCUT2D eigenvalue weighted by Gasteiger charge is 2.34. The fourth-order valence-corrected chi connectivity index (χ4v) is 2.38. The first-order valence-electron chi connectivity index (χ1n) is 5.87. The molecular formula is C12H18ClN3O2. The summed E-state index contributed by atoms with van der Waals surface area (Å²) in [4.78, 5) is 6.27. The highest BCUT2D eigenvalue weighted by atomic mass is 35.5. The molecule has 6 heteroatoms. The van der Waals surface area contributed by atoms with Gasteiger partial charge in [-0.3, -0.25) is 0 Å². The molecule has 100 valence electrons. The number of halogens is 1. The van der Waals surface area contributed by atoms with Crippen molar-refractivity contribution in [2.75, 3.05) is 30.3 Å². The Morgan fingerprint density at radius 1 is 1.61 bits per heavy atom. The average Bonchev–Trinajstić information content (AvgIpc) is 2.30. The van der Waals surface area contributed by atoms with Gasteiger partial charge in [0.1, 0.15) is 5.15 Å². The number of nitrogen functional groups attached to an aromatic ring is 1. The molecule has 0 radical (unpaired) electrons. The van der Waals surface area contributed by atoms with E-state index in [1.165, 1.54) is 0 Å². The van der Waals surface area contributed by atoms with Gasteiger partial charge in [0.05, 0.1) is 24.0 Å². The molecule has 3 N–H and O–H groups in total. The molecule has 0 spiro atoms. The maximum absolute atomic E-state index is 9.28. The fraction of sp³-hybridized carbons (Fsp3) is 0.583. The second kappa shape index (κ2) is 4.91. The second-order valence-electron chi connectivity index (χ2n) is 5.11. The minimum Gasteiger partial charge on any atom is -0.396 e. The Labute approximate surface area is 112 Å². The second-order valence-corrected chi connectivity index (χ2v) is 5.50. The lowest BCUT2D eigenvalue weighted by Gasteiger charge is -2.43. The van der Waals surface area contributed by atoms with Crippen LogP contribution in [0.1, 0.15) is 13.8 Å². The Kier molecular flexibility index (Phi) is 3.66. The summed E-state index contributed by atoms with van der Waals surface area (Å²) in [5.74, 6) is 0.650. The van der Waals surface area contributed by atoms with Gasteiger partial charge < -0.3 is 20.5 Å². The molecule has 0 aliphatic carbocycles. The number of hydrogen-bond donors (Lipinski definition) is 2. The number of ether oxygens (including phenoxy) is 1. The molecule has 1 saturated heterocycles. The van der Waals surface area contributed by atoms with Crippen molar-refractivity contribution < 1.29 is 9.84 Å². The van der Waals surface area contributed by atoms with E-state index in [4.69, 9.17) is 22.1 Å². The topological polar surface area (TPSA) is 71.6 Å². The SMILES string of the molecule is CC1(C)CN(c2nc(Cl)ccc2N)CC(CO)O1. The van der Waals surface area contributed by atoms with Crippen LogP contribution in [-0.2, 0) is 4.74 Å². The lowest BCUT2D eigenvalue weighted by atomic mass is 10.1. The molecule has 0 aromatic carbocycles. The molecule has 1 fully saturated rings. The predicted octanol–water partition coefficient (Wildman–Crippen LogP) is 1.29. The van der Waals surface area contributed by atoms with Crippen LogP contribution >= 0.6 is 11.6 Å². The van der Waals surface area contributed by atoms with E-state index < -0.39 is 0 Å². The quantitative estimate of drug-likeness (QED) is 0.793. The summed E-state index contributed by atoms with van der Waals surface area (Å²) < 4.78 is 5.75. The molecular weight excluding hydrogens is 254 g/mol. The molecule has 18 heavy (non-hydrogen) atoms. The number of aliphatic hydroxyl groups excluding tert-OH is 1. The van der Waals surface area contributed by atoms with Crippen LogP contribution in [-0.4, -0.2) is 41.5 Å². The number of aromatic nitrogens is 1. The molecule has 2 rings (SSSR count). The summed E-state index contributed by atoms with van der Waals surface area (Å²) in [6.45, 7) is 5.13. The number of hydrogen-bond acceptors (Lipinski definition) is 5. The summed E-state index contributed by atoms with van der Waals surface area (Å²) in [7, 11) is 0. The maximum Gasteiger partial charge on any atom is 0.153 e. The van der Waals surface area contributed by atoms with Crippen LogP contribution < -0.4 is 10.6 Å². The molecule has 1 aliphatic heterocycles. The Morgan fingerprint density at radius 3 is 3.00 bits per heavy atom. The summed E-state index contributed by atoms with van der Waals surface area (Å²) in [5.41, 5.74) is 6.15. The van der Waals surface area contributed by atoms with Gasteiger partial charge in [0.25, 0.3) is 0 Å². The van der Waals surface area contributed by atoms with Gasteiger partial charge in [-0.05, 0) is 26.0 Å². The third-order valence-electron chi connectivity index (χ3n) is 2.86. The lowest BCUT2D eigenvalue weighted by molar-refractivity contribution is -0.101. The third-order valence-corrected chi connectivity index (χ3v) is 3.07. The van der Waals surface area contributed by atoms with Gasteiger partial charge in [-0.1, -0.05) is 11.6 Å². The molecule has 1 unspecified atom stereocenters. The minimum absolute atomic E-state index is 0.0274. The summed E-state index contributed by atoms with van der Waals surface area (Å²) >= 11 is 5.90. The van der Waals surface area contributed by atoms with Gasteiger partial charge >= 0.3 is 0 Å². The highest BCUT2D eigenvalue weighted by Crippen LogP contribution is 2.29. The van der Waals surface area contributed by atoms with Crippen LogP contribution in [0.5, 0.6) is 0 Å². The zero-order valence-corrected chi connectivity index (χ0v) is 11.3. The number of rotatable bonds is 2. The fourth-order valence-electron chi connectivity index (χ4n) is 2.24. The van der Waals surface area contributed by atoms with Crippen LogP contribution in [0.2, 0.25) is 5.15 Å². The van der Waals surface area contributed by atoms with Crippen molar-refractivity contribution in [2.45, 2.75) is 25.6 Å². The third kappa shape index (κ3) is 2.85. The molecule has 5 nitrogen and oxygen atoms in total. The standard InChI is InChI=1S/C12H18ClN3O2/c1-12(2)7-16(5-8(6-17)18-12)11-9(14)3-4-10(13)15-11/h3-4,8,17H,5-7,14H2,1-2H3. The Morgan fingerprint density at radius 2 is 2.33 bits per heavy atom. The summed E-state index contributed by atoms with van der Waals surface area (Å²) in [5, 5.41) is 9.69. The van der Waals surface area contributed by atoms with Crippen molar-refractivity contribution in [1.29, 1.82) is 0 Å². The van der Waals surface area contributed by atoms with Gasteiger partial charge in [-0.25, -0.2) is 4.98 Å². The van der Waals surface area contributed by atoms with Crippen molar-refractivity contribution in [3.05, 3.63) is 17.3 Å². The first-order chi connectivity index (χ1) is 8.41. The molecule has 1 aromatic heterocycles. The summed E-state index contributed by atoms with van der Waals surface area (Å²) in [6.07, 6.45) is -0.242. The minimum atomic E-state index is -0.359. The largest absolute Gasteiger partial charge is 0.396 e. The van der Waals surface area contributed by atoms with Gasteiger partial charge in [0.2, 0.25) is 0 Å². The van der Waals surface area contributed by atoms with E-state index in [-0.39, 0.29) is 18.3 Å². The number of nitrogens with zero attached hydrogens (tertiary/aromatic N) is 2. The lowest BCUT2D eigenvalue weighted by Crippen LogP contribution is -2.54. The molecule has 0 saturated carbocycles. The van der Waals surface area contributed by atoms with Crippen LogP contribution in [0.3, 0.4) is 0 Å². The molecule has 2 heterocycles. The van der Waals surface area contributed by atoms with Gasteiger partial charge in [0.15, 0.2) is 5.82 Å². The zero-order chi connectivity index (χ0) is 13.3. The van der Waals surface area contributed by atoms with E-state index in [2.05, 4.69) is 4.98 Å². The van der Waals surface area contributed by atoms with Crippen molar-refractivity contribution in [3.8, 4) is 0 Å². The van der Waals surface area contributed by atoms with Gasteiger partial charge in [0, 0.05) is 13.1 Å². The highest BCUT2D eigenvalue weighted by molar-refractivity contribution is 6.29. The first-order valence-corrected chi connectivity index (χ1v) is 6.25. The van der Waals surface area contributed by atoms with Gasteiger partial charge in [-0.15, -0.1) is 0 Å². The molecule has 0 bridgehead atoms. The number of pyridine rings is 1. The van der Waals surface area contributed by atoms with Crippen molar-refractivity contribution in [1.82, 2.24) is 4.98 Å². The zero-order valence-electron chi connectivity index (χ0n) is 10.6. The predicted molar refractivity (Wildman–Crippen MR) is 71.9 cm³/mol. The van der Waals surface area contributed by atoms with E-state index >= 15 is 0 Å². The average molecular weight is 272 g/mol. The molecule has 1 atom stereocenters. The first kappa shape index (κ1) is 13.4. The number of morpholine rings is 1. The Bertz CT molecular complexity index is 439. The smallest absolute Gasteiger partial charge is 0.153 e. The monoisotopic (exact) mass is 271 g/mol. The van der Waals surface area contributed by atoms with Crippen LogP contribution in [0.25, 0.3) is 0 Å². The van der Waals surface area contributed by atoms with E-state index in [9.17, 15) is 5.11 Å². The maximum atomic E-state index is 9.28. The van der Waals surface area contributed by atoms with Gasteiger partial charge in [-0.2, -0.15) is 0 Å². The van der Waals surface area contributed by atoms with Crippen LogP contribution in [0, 0.1) is 0 Å². The molecule has 0 amide bonds. The van der Waals surface area contributed by atoms with Crippen LogP contribution in [0.15, 0.2) is 12.1 Å². The van der Waals surface area contributed by atoms with Crippen LogP contribution in [0.4, 0.5) is 11.5 Å². The molecule has 1 aliphatic rings. The van der Waals surface area contributed by atoms with E-state index in [1.807, 2.05) is 18.7 Å². The van der Waals surface area contributed by atoms with Crippen molar-refractivity contribution in [2.24, 2.45) is 0 Å². The normalized spacial score (nSPS) is 23.1.